The fourth-order valence-electron chi connectivity index (χ4n) is 1.99. The molecule has 0 aliphatic carbocycles. The molecular formula is C10H23N3O2S. The van der Waals surface area contributed by atoms with Gasteiger partial charge in [-0.25, -0.2) is 0 Å². The number of rotatable bonds is 6. The van der Waals surface area contributed by atoms with E-state index in [2.05, 4.69) is 4.72 Å². The summed E-state index contributed by atoms with van der Waals surface area (Å²) in [7, 11) is -3.35. The molecule has 1 saturated heterocycles. The zero-order valence-electron chi connectivity index (χ0n) is 10.2. The lowest BCUT2D eigenvalue weighted by molar-refractivity contribution is 0.346. The molecule has 0 aromatic carbocycles. The molecular weight excluding hydrogens is 226 g/mol. The zero-order chi connectivity index (χ0) is 12.2. The van der Waals surface area contributed by atoms with Gasteiger partial charge in [-0.2, -0.15) is 17.4 Å². The lowest BCUT2D eigenvalue weighted by Crippen LogP contribution is -2.56. The first-order valence-corrected chi connectivity index (χ1v) is 7.43. The molecule has 0 aromatic heterocycles. The first-order chi connectivity index (χ1) is 7.49. The lowest BCUT2D eigenvalue weighted by Gasteiger charge is -2.32. The van der Waals surface area contributed by atoms with Gasteiger partial charge in [0.15, 0.2) is 0 Å². The Balaban J connectivity index is 2.76. The summed E-state index contributed by atoms with van der Waals surface area (Å²) in [5, 5.41) is 0. The van der Waals surface area contributed by atoms with E-state index in [0.29, 0.717) is 32.5 Å². The summed E-state index contributed by atoms with van der Waals surface area (Å²) in [6.07, 6.45) is 3.34. The van der Waals surface area contributed by atoms with E-state index in [1.54, 1.807) is 0 Å². The van der Waals surface area contributed by atoms with Crippen molar-refractivity contribution in [2.24, 2.45) is 5.73 Å². The van der Waals surface area contributed by atoms with Gasteiger partial charge in [-0.1, -0.05) is 13.8 Å². The van der Waals surface area contributed by atoms with Crippen molar-refractivity contribution < 1.29 is 8.42 Å². The highest BCUT2D eigenvalue weighted by atomic mass is 32.2. The molecule has 16 heavy (non-hydrogen) atoms. The number of hydrogen-bond donors (Lipinski definition) is 2. The Morgan fingerprint density at radius 3 is 2.12 bits per heavy atom. The summed E-state index contributed by atoms with van der Waals surface area (Å²) >= 11 is 0. The van der Waals surface area contributed by atoms with Crippen LogP contribution in [-0.2, 0) is 10.2 Å². The molecule has 0 amide bonds. The number of nitrogens with zero attached hydrogens (tertiary/aromatic N) is 1. The highest BCUT2D eigenvalue weighted by Gasteiger charge is 2.34. The summed E-state index contributed by atoms with van der Waals surface area (Å²) in [5.41, 5.74) is 5.20. The normalized spacial score (nSPS) is 19.2. The van der Waals surface area contributed by atoms with Crippen LogP contribution in [0.4, 0.5) is 0 Å². The van der Waals surface area contributed by atoms with Gasteiger partial charge in [-0.05, 0) is 25.7 Å². The van der Waals surface area contributed by atoms with Crippen LogP contribution in [-0.4, -0.2) is 37.9 Å². The quantitative estimate of drug-likeness (QED) is 0.717. The van der Waals surface area contributed by atoms with Crippen LogP contribution in [0, 0.1) is 0 Å². The predicted molar refractivity (Wildman–Crippen MR) is 65.2 cm³/mol. The molecule has 1 aliphatic heterocycles. The molecule has 3 N–H and O–H groups in total. The third-order valence-corrected chi connectivity index (χ3v) is 5.23. The van der Waals surface area contributed by atoms with Crippen LogP contribution in [0.15, 0.2) is 0 Å². The van der Waals surface area contributed by atoms with Crippen LogP contribution < -0.4 is 10.5 Å². The predicted octanol–water partition coefficient (Wildman–Crippen LogP) is 0.434. The largest absolute Gasteiger partial charge is 0.329 e. The van der Waals surface area contributed by atoms with Crippen molar-refractivity contribution in [3.8, 4) is 0 Å². The second-order valence-electron chi connectivity index (χ2n) is 4.40. The molecule has 0 bridgehead atoms. The molecule has 0 unspecified atom stereocenters. The maximum atomic E-state index is 12.1. The second-order valence-corrected chi connectivity index (χ2v) is 6.08. The van der Waals surface area contributed by atoms with Gasteiger partial charge in [-0.3, -0.25) is 0 Å². The first-order valence-electron chi connectivity index (χ1n) is 5.99. The van der Waals surface area contributed by atoms with Gasteiger partial charge in [0.05, 0.1) is 0 Å². The Kier molecular flexibility index (Phi) is 4.73. The van der Waals surface area contributed by atoms with E-state index in [4.69, 9.17) is 5.73 Å². The maximum absolute atomic E-state index is 12.1. The molecule has 1 heterocycles. The SMILES string of the molecule is CCC(CC)(CN)NS(=O)(=O)N1CCCC1. The summed E-state index contributed by atoms with van der Waals surface area (Å²) in [4.78, 5) is 0. The number of hydrogen-bond acceptors (Lipinski definition) is 3. The highest BCUT2D eigenvalue weighted by molar-refractivity contribution is 7.87. The van der Waals surface area contributed by atoms with Gasteiger partial charge < -0.3 is 5.73 Å². The van der Waals surface area contributed by atoms with Gasteiger partial charge in [0.2, 0.25) is 0 Å². The number of nitrogens with two attached hydrogens (primary N) is 1. The fraction of sp³-hybridized carbons (Fsp3) is 1.00. The van der Waals surface area contributed by atoms with Crippen molar-refractivity contribution in [3.05, 3.63) is 0 Å². The molecule has 0 saturated carbocycles. The van der Waals surface area contributed by atoms with E-state index >= 15 is 0 Å². The van der Waals surface area contributed by atoms with Gasteiger partial charge in [0.1, 0.15) is 0 Å². The van der Waals surface area contributed by atoms with Crippen LogP contribution in [0.5, 0.6) is 0 Å². The summed E-state index contributed by atoms with van der Waals surface area (Å²) in [5.74, 6) is 0. The average Bonchev–Trinajstić information content (AvgIpc) is 2.80. The van der Waals surface area contributed by atoms with Crippen LogP contribution >= 0.6 is 0 Å². The standard InChI is InChI=1S/C10H23N3O2S/c1-3-10(4-2,9-11)12-16(14,15)13-7-5-6-8-13/h12H,3-9,11H2,1-2H3. The van der Waals surface area contributed by atoms with E-state index in [0.717, 1.165) is 12.8 Å². The van der Waals surface area contributed by atoms with Crippen LogP contribution in [0.1, 0.15) is 39.5 Å². The van der Waals surface area contributed by atoms with E-state index < -0.39 is 15.7 Å². The second kappa shape index (κ2) is 5.44. The van der Waals surface area contributed by atoms with E-state index in [9.17, 15) is 8.42 Å². The summed E-state index contributed by atoms with van der Waals surface area (Å²) in [6.45, 7) is 5.52. The third kappa shape index (κ3) is 2.94. The van der Waals surface area contributed by atoms with Gasteiger partial charge in [-0.15, -0.1) is 0 Å². The Labute approximate surface area is 98.6 Å². The molecule has 0 atom stereocenters. The van der Waals surface area contributed by atoms with Gasteiger partial charge in [0, 0.05) is 25.2 Å². The maximum Gasteiger partial charge on any atom is 0.279 e. The van der Waals surface area contributed by atoms with Crippen molar-refractivity contribution in [3.63, 3.8) is 0 Å². The Morgan fingerprint density at radius 1 is 1.25 bits per heavy atom. The molecule has 1 rings (SSSR count). The van der Waals surface area contributed by atoms with Crippen molar-refractivity contribution >= 4 is 10.2 Å². The minimum absolute atomic E-state index is 0.340. The van der Waals surface area contributed by atoms with E-state index in [1.165, 1.54) is 4.31 Å². The van der Waals surface area contributed by atoms with Crippen LogP contribution in [0.3, 0.4) is 0 Å². The molecule has 6 heteroatoms. The molecule has 1 fully saturated rings. The smallest absolute Gasteiger partial charge is 0.279 e. The van der Waals surface area contributed by atoms with Crippen molar-refractivity contribution in [1.29, 1.82) is 0 Å². The van der Waals surface area contributed by atoms with Crippen molar-refractivity contribution in [1.82, 2.24) is 9.03 Å². The van der Waals surface area contributed by atoms with Gasteiger partial charge >= 0.3 is 0 Å². The van der Waals surface area contributed by atoms with Crippen molar-refractivity contribution in [2.45, 2.75) is 45.1 Å². The molecule has 5 nitrogen and oxygen atoms in total. The average molecular weight is 249 g/mol. The fourth-order valence-corrected chi connectivity index (χ4v) is 3.78. The Morgan fingerprint density at radius 2 is 1.75 bits per heavy atom. The molecule has 0 spiro atoms. The molecule has 0 aromatic rings. The van der Waals surface area contributed by atoms with Crippen molar-refractivity contribution in [2.75, 3.05) is 19.6 Å². The number of nitrogens with one attached hydrogen (secondary N) is 1. The summed E-state index contributed by atoms with van der Waals surface area (Å²) < 4.78 is 28.5. The van der Waals surface area contributed by atoms with E-state index in [-0.39, 0.29) is 0 Å². The lowest BCUT2D eigenvalue weighted by atomic mass is 9.95. The Bertz CT molecular complexity index is 298. The molecule has 1 aliphatic rings. The van der Waals surface area contributed by atoms with Gasteiger partial charge in [0.25, 0.3) is 10.2 Å². The Hall–Kier alpha value is -0.170. The minimum Gasteiger partial charge on any atom is -0.329 e. The molecule has 0 radical (unpaired) electrons. The topological polar surface area (TPSA) is 75.4 Å². The minimum atomic E-state index is -3.35. The third-order valence-electron chi connectivity index (χ3n) is 3.49. The van der Waals surface area contributed by atoms with Crippen LogP contribution in [0.25, 0.3) is 0 Å². The summed E-state index contributed by atoms with van der Waals surface area (Å²) in [6, 6.07) is 0. The monoisotopic (exact) mass is 249 g/mol. The van der Waals surface area contributed by atoms with E-state index in [1.807, 2.05) is 13.8 Å². The van der Waals surface area contributed by atoms with Crippen LogP contribution in [0.2, 0.25) is 0 Å². The highest BCUT2D eigenvalue weighted by Crippen LogP contribution is 2.18. The molecule has 96 valence electrons. The zero-order valence-corrected chi connectivity index (χ0v) is 11.0. The first kappa shape index (κ1) is 13.9.